The lowest BCUT2D eigenvalue weighted by molar-refractivity contribution is -0.137. The number of ether oxygens (including phenoxy) is 1. The van der Waals surface area contributed by atoms with Crippen LogP contribution in [0.5, 0.6) is 5.75 Å². The second-order valence-corrected chi connectivity index (χ2v) is 9.52. The Morgan fingerprint density at radius 3 is 2.51 bits per heavy atom. The number of para-hydroxylation sites is 1. The van der Waals surface area contributed by atoms with E-state index in [1.54, 1.807) is 19.2 Å². The minimum absolute atomic E-state index is 0. The van der Waals surface area contributed by atoms with Crippen LogP contribution in [0.15, 0.2) is 48.5 Å². The molecule has 1 saturated heterocycles. The molecule has 1 saturated carbocycles. The SMILES string of the molecule is COc1ccccc1-c1nnc(CCCCN2C[C@@H]3C[C@]3(c3ccc(C(F)(F)F)cc3)C2)n1C.Cl. The summed E-state index contributed by atoms with van der Waals surface area (Å²) in [4.78, 5) is 2.46. The van der Waals surface area contributed by atoms with Crippen molar-refractivity contribution in [3.05, 3.63) is 65.5 Å². The van der Waals surface area contributed by atoms with Crippen LogP contribution >= 0.6 is 12.4 Å². The number of aryl methyl sites for hydroxylation is 1. The Bertz CT molecular complexity index is 1160. The molecule has 2 heterocycles. The Balaban J connectivity index is 0.00000289. The summed E-state index contributed by atoms with van der Waals surface area (Å²) in [5.74, 6) is 3.09. The van der Waals surface area contributed by atoms with Crippen molar-refractivity contribution < 1.29 is 17.9 Å². The largest absolute Gasteiger partial charge is 0.496 e. The Labute approximate surface area is 209 Å². The predicted octanol–water partition coefficient (Wildman–Crippen LogP) is 5.53. The molecule has 1 aliphatic carbocycles. The molecule has 0 spiro atoms. The number of benzene rings is 2. The molecule has 2 aromatic carbocycles. The van der Waals surface area contributed by atoms with Gasteiger partial charge in [-0.25, -0.2) is 0 Å². The average molecular weight is 507 g/mol. The summed E-state index contributed by atoms with van der Waals surface area (Å²) in [5, 5.41) is 8.78. The lowest BCUT2D eigenvalue weighted by Crippen LogP contribution is -2.27. The molecule has 1 aromatic heterocycles. The second-order valence-electron chi connectivity index (χ2n) is 9.52. The average Bonchev–Trinajstić information content (AvgIpc) is 3.21. The van der Waals surface area contributed by atoms with Gasteiger partial charge in [-0.2, -0.15) is 13.2 Å². The molecule has 2 fully saturated rings. The molecule has 5 rings (SSSR count). The molecule has 35 heavy (non-hydrogen) atoms. The van der Waals surface area contributed by atoms with E-state index in [1.165, 1.54) is 12.1 Å². The van der Waals surface area contributed by atoms with Crippen LogP contribution in [0.4, 0.5) is 13.2 Å². The van der Waals surface area contributed by atoms with Crippen LogP contribution in [0, 0.1) is 5.92 Å². The number of hydrogen-bond donors (Lipinski definition) is 0. The topological polar surface area (TPSA) is 43.2 Å². The van der Waals surface area contributed by atoms with Gasteiger partial charge in [0.25, 0.3) is 0 Å². The Morgan fingerprint density at radius 1 is 1.06 bits per heavy atom. The van der Waals surface area contributed by atoms with Crippen molar-refractivity contribution in [3.63, 3.8) is 0 Å². The number of fused-ring (bicyclic) bond motifs is 1. The Hall–Kier alpha value is -2.58. The number of halogens is 4. The molecule has 5 nitrogen and oxygen atoms in total. The van der Waals surface area contributed by atoms with Gasteiger partial charge in [-0.3, -0.25) is 0 Å². The van der Waals surface area contributed by atoms with E-state index < -0.39 is 11.7 Å². The molecule has 0 bridgehead atoms. The van der Waals surface area contributed by atoms with Crippen molar-refractivity contribution in [2.45, 2.75) is 37.3 Å². The highest BCUT2D eigenvalue weighted by Crippen LogP contribution is 2.59. The number of likely N-dealkylation sites (tertiary alicyclic amines) is 1. The van der Waals surface area contributed by atoms with E-state index in [0.717, 1.165) is 73.8 Å². The Kier molecular flexibility index (Phi) is 7.16. The molecule has 0 N–H and O–H groups in total. The van der Waals surface area contributed by atoms with Gasteiger partial charge < -0.3 is 14.2 Å². The smallest absolute Gasteiger partial charge is 0.416 e. The van der Waals surface area contributed by atoms with E-state index in [-0.39, 0.29) is 17.8 Å². The van der Waals surface area contributed by atoms with E-state index in [0.29, 0.717) is 5.92 Å². The van der Waals surface area contributed by atoms with E-state index in [9.17, 15) is 13.2 Å². The van der Waals surface area contributed by atoms with Crippen molar-refractivity contribution in [1.29, 1.82) is 0 Å². The molecule has 0 amide bonds. The van der Waals surface area contributed by atoms with E-state index in [2.05, 4.69) is 15.1 Å². The zero-order valence-electron chi connectivity index (χ0n) is 19.9. The predicted molar refractivity (Wildman–Crippen MR) is 131 cm³/mol. The number of hydrogen-bond acceptors (Lipinski definition) is 4. The monoisotopic (exact) mass is 506 g/mol. The van der Waals surface area contributed by atoms with Gasteiger partial charge in [0.1, 0.15) is 11.6 Å². The molecule has 2 atom stereocenters. The van der Waals surface area contributed by atoms with Gasteiger partial charge in [-0.05, 0) is 61.6 Å². The quantitative estimate of drug-likeness (QED) is 0.377. The maximum absolute atomic E-state index is 12.9. The molecule has 9 heteroatoms. The van der Waals surface area contributed by atoms with Crippen LogP contribution in [-0.4, -0.2) is 46.4 Å². The third-order valence-corrected chi connectivity index (χ3v) is 7.44. The van der Waals surface area contributed by atoms with Crippen molar-refractivity contribution in [3.8, 4) is 17.1 Å². The first-order chi connectivity index (χ1) is 16.3. The van der Waals surface area contributed by atoms with Crippen molar-refractivity contribution in [2.24, 2.45) is 13.0 Å². The lowest BCUT2D eigenvalue weighted by Gasteiger charge is -2.21. The summed E-state index contributed by atoms with van der Waals surface area (Å²) in [6, 6.07) is 13.6. The van der Waals surface area contributed by atoms with Gasteiger partial charge in [0.15, 0.2) is 5.82 Å². The van der Waals surface area contributed by atoms with Crippen molar-refractivity contribution >= 4 is 12.4 Å². The third kappa shape index (κ3) is 4.91. The molecule has 2 aliphatic rings. The first-order valence-corrected chi connectivity index (χ1v) is 11.7. The van der Waals surface area contributed by atoms with Crippen LogP contribution < -0.4 is 4.74 Å². The molecule has 188 valence electrons. The summed E-state index contributed by atoms with van der Waals surface area (Å²) in [6.07, 6.45) is -0.296. The van der Waals surface area contributed by atoms with E-state index in [1.807, 2.05) is 35.9 Å². The fourth-order valence-corrected chi connectivity index (χ4v) is 5.46. The second kappa shape index (κ2) is 9.82. The fraction of sp³-hybridized carbons (Fsp3) is 0.462. The van der Waals surface area contributed by atoms with Crippen LogP contribution in [0.3, 0.4) is 0 Å². The van der Waals surface area contributed by atoms with Crippen LogP contribution in [0.1, 0.15) is 36.2 Å². The fourth-order valence-electron chi connectivity index (χ4n) is 5.46. The number of rotatable bonds is 8. The van der Waals surface area contributed by atoms with Gasteiger partial charge in [0.05, 0.1) is 18.2 Å². The summed E-state index contributed by atoms with van der Waals surface area (Å²) >= 11 is 0. The minimum Gasteiger partial charge on any atom is -0.496 e. The van der Waals surface area contributed by atoms with Crippen LogP contribution in [0.25, 0.3) is 11.4 Å². The number of aromatic nitrogens is 3. The van der Waals surface area contributed by atoms with Gasteiger partial charge in [0.2, 0.25) is 0 Å². The van der Waals surface area contributed by atoms with Gasteiger partial charge in [0, 0.05) is 32.0 Å². The summed E-state index contributed by atoms with van der Waals surface area (Å²) < 4.78 is 46.1. The minimum atomic E-state index is -4.28. The number of nitrogens with zero attached hydrogens (tertiary/aromatic N) is 4. The first-order valence-electron chi connectivity index (χ1n) is 11.7. The number of unbranched alkanes of at least 4 members (excludes halogenated alkanes) is 1. The summed E-state index contributed by atoms with van der Waals surface area (Å²) in [7, 11) is 3.64. The maximum atomic E-state index is 12.9. The van der Waals surface area contributed by atoms with E-state index in [4.69, 9.17) is 4.74 Å². The van der Waals surface area contributed by atoms with Crippen molar-refractivity contribution in [2.75, 3.05) is 26.7 Å². The lowest BCUT2D eigenvalue weighted by atomic mass is 9.94. The summed E-state index contributed by atoms with van der Waals surface area (Å²) in [6.45, 7) is 2.96. The zero-order valence-corrected chi connectivity index (χ0v) is 20.7. The van der Waals surface area contributed by atoms with Crippen LogP contribution in [0.2, 0.25) is 0 Å². The van der Waals surface area contributed by atoms with Crippen molar-refractivity contribution in [1.82, 2.24) is 19.7 Å². The van der Waals surface area contributed by atoms with Gasteiger partial charge in [-0.15, -0.1) is 22.6 Å². The standard InChI is InChI=1S/C26H29F3N4O.ClH/c1-32-23(30-31-24(32)21-7-3-4-8-22(21)34-2)9-5-6-14-33-16-20-15-25(20,17-33)18-10-12-19(13-11-18)26(27,28)29;/h3-4,7-8,10-13,20H,5-6,9,14-17H2,1-2H3;1H/t20-,25+;/m0./s1. The summed E-state index contributed by atoms with van der Waals surface area (Å²) in [5.41, 5.74) is 1.46. The van der Waals surface area contributed by atoms with Crippen LogP contribution in [-0.2, 0) is 25.1 Å². The Morgan fingerprint density at radius 2 is 1.80 bits per heavy atom. The zero-order chi connectivity index (χ0) is 23.9. The molecule has 0 unspecified atom stereocenters. The molecule has 1 aliphatic heterocycles. The molecular formula is C26H30ClF3N4O. The highest BCUT2D eigenvalue weighted by Gasteiger charge is 2.60. The van der Waals surface area contributed by atoms with Gasteiger partial charge >= 0.3 is 6.18 Å². The number of alkyl halides is 3. The van der Waals surface area contributed by atoms with Gasteiger partial charge in [-0.1, -0.05) is 24.3 Å². The van der Waals surface area contributed by atoms with E-state index >= 15 is 0 Å². The molecule has 3 aromatic rings. The highest BCUT2D eigenvalue weighted by atomic mass is 35.5. The number of methoxy groups -OCH3 is 1. The first kappa shape index (κ1) is 25.5. The third-order valence-electron chi connectivity index (χ3n) is 7.44. The highest BCUT2D eigenvalue weighted by molar-refractivity contribution is 5.85. The molecule has 0 radical (unpaired) electrons. The normalized spacial score (nSPS) is 21.5. The number of piperidine rings is 1. The molecular weight excluding hydrogens is 477 g/mol. The maximum Gasteiger partial charge on any atom is 0.416 e.